The Labute approximate surface area is 158 Å². The fraction of sp³-hybridized carbons (Fsp3) is 0.625. The number of rotatable bonds is 3. The van der Waals surface area contributed by atoms with Crippen LogP contribution in [0.5, 0.6) is 0 Å². The molecule has 0 spiro atoms. The molecule has 2 aliphatic rings. The van der Waals surface area contributed by atoms with Gasteiger partial charge >= 0.3 is 0 Å². The van der Waals surface area contributed by atoms with E-state index in [2.05, 4.69) is 10.2 Å². The first-order valence-corrected chi connectivity index (χ1v) is 8.22. The summed E-state index contributed by atoms with van der Waals surface area (Å²) in [7, 11) is 0. The Morgan fingerprint density at radius 3 is 2.29 bits per heavy atom. The second-order valence-corrected chi connectivity index (χ2v) is 6.32. The van der Waals surface area contributed by atoms with Gasteiger partial charge in [0, 0.05) is 51.0 Å². The van der Waals surface area contributed by atoms with Gasteiger partial charge in [-0.1, -0.05) is 11.6 Å². The number of hydrogen-bond donors (Lipinski definition) is 1. The van der Waals surface area contributed by atoms with E-state index in [-0.39, 0.29) is 41.8 Å². The van der Waals surface area contributed by atoms with Gasteiger partial charge in [0.1, 0.15) is 11.6 Å². The van der Waals surface area contributed by atoms with Crippen LogP contribution in [0, 0.1) is 17.6 Å². The van der Waals surface area contributed by atoms with Crippen molar-refractivity contribution in [2.75, 3.05) is 39.4 Å². The Hall–Kier alpha value is -0.170. The highest BCUT2D eigenvalue weighted by Gasteiger charge is 2.35. The summed E-state index contributed by atoms with van der Waals surface area (Å²) in [5.74, 6) is -0.729. The highest BCUT2D eigenvalue weighted by atomic mass is 35.5. The van der Waals surface area contributed by atoms with Crippen LogP contribution in [0.3, 0.4) is 0 Å². The van der Waals surface area contributed by atoms with Gasteiger partial charge in [-0.25, -0.2) is 8.78 Å². The average molecular weight is 404 g/mol. The van der Waals surface area contributed by atoms with Crippen LogP contribution in [-0.2, 0) is 4.74 Å². The molecule has 1 aromatic carbocycles. The lowest BCUT2D eigenvalue weighted by Gasteiger charge is -2.41. The van der Waals surface area contributed by atoms with Gasteiger partial charge in [0.25, 0.3) is 0 Å². The molecule has 3 nitrogen and oxygen atoms in total. The Morgan fingerprint density at radius 2 is 1.67 bits per heavy atom. The summed E-state index contributed by atoms with van der Waals surface area (Å²) in [6, 6.07) is 2.10. The average Bonchev–Trinajstić information content (AvgIpc) is 2.57. The molecule has 1 aromatic rings. The monoisotopic (exact) mass is 402 g/mol. The van der Waals surface area contributed by atoms with Crippen molar-refractivity contribution in [1.29, 1.82) is 0 Å². The molecule has 2 heterocycles. The highest BCUT2D eigenvalue weighted by Crippen LogP contribution is 2.40. The van der Waals surface area contributed by atoms with Crippen molar-refractivity contribution in [3.05, 3.63) is 34.4 Å². The van der Waals surface area contributed by atoms with Crippen LogP contribution >= 0.6 is 36.4 Å². The number of nitrogens with one attached hydrogen (secondary N) is 1. The zero-order valence-corrected chi connectivity index (χ0v) is 15.7. The lowest BCUT2D eigenvalue weighted by Crippen LogP contribution is -2.48. The molecule has 2 aliphatic heterocycles. The molecule has 24 heavy (non-hydrogen) atoms. The smallest absolute Gasteiger partial charge is 0.142 e. The molecule has 2 saturated heterocycles. The van der Waals surface area contributed by atoms with Crippen LogP contribution in [0.25, 0.3) is 0 Å². The standard InChI is InChI=1S/C16H21ClF2N2O.2ClH/c17-15-13(19)2-1-12(18)14(15)16(11-3-9-22-10-4-11)21-7-5-20-6-8-21;;/h1-2,11,16,20H,3-10H2;2*1H/t16-;;/m1../s1. The fourth-order valence-corrected chi connectivity index (χ4v) is 3.79. The molecule has 0 unspecified atom stereocenters. The second-order valence-electron chi connectivity index (χ2n) is 5.94. The van der Waals surface area contributed by atoms with Crippen molar-refractivity contribution < 1.29 is 13.5 Å². The third kappa shape index (κ3) is 4.71. The van der Waals surface area contributed by atoms with E-state index in [0.717, 1.165) is 45.1 Å². The maximum atomic E-state index is 14.5. The minimum atomic E-state index is -0.551. The zero-order valence-electron chi connectivity index (χ0n) is 13.3. The third-order valence-corrected chi connectivity index (χ3v) is 5.02. The second kappa shape index (κ2) is 10.1. The normalized spacial score (nSPS) is 20.8. The van der Waals surface area contributed by atoms with Gasteiger partial charge in [-0.15, -0.1) is 24.8 Å². The van der Waals surface area contributed by atoms with E-state index in [1.165, 1.54) is 6.07 Å². The van der Waals surface area contributed by atoms with Crippen LogP contribution in [-0.4, -0.2) is 44.3 Å². The van der Waals surface area contributed by atoms with Gasteiger partial charge in [-0.05, 0) is 30.9 Å². The number of piperazine rings is 1. The summed E-state index contributed by atoms with van der Waals surface area (Å²) in [4.78, 5) is 2.23. The van der Waals surface area contributed by atoms with Crippen molar-refractivity contribution in [2.45, 2.75) is 18.9 Å². The van der Waals surface area contributed by atoms with Crippen molar-refractivity contribution in [3.8, 4) is 0 Å². The molecule has 3 rings (SSSR count). The first-order chi connectivity index (χ1) is 10.7. The van der Waals surface area contributed by atoms with E-state index in [9.17, 15) is 8.78 Å². The quantitative estimate of drug-likeness (QED) is 0.776. The number of hydrogen-bond acceptors (Lipinski definition) is 3. The fourth-order valence-electron chi connectivity index (χ4n) is 3.52. The predicted molar refractivity (Wildman–Crippen MR) is 96.6 cm³/mol. The number of benzene rings is 1. The molecule has 1 N–H and O–H groups in total. The van der Waals surface area contributed by atoms with Crippen LogP contribution in [0.2, 0.25) is 5.02 Å². The minimum absolute atomic E-state index is 0. The van der Waals surface area contributed by atoms with Gasteiger partial charge in [-0.2, -0.15) is 0 Å². The molecule has 8 heteroatoms. The summed E-state index contributed by atoms with van der Waals surface area (Å²) in [6.45, 7) is 4.68. The first-order valence-electron chi connectivity index (χ1n) is 7.84. The van der Waals surface area contributed by atoms with Crippen LogP contribution in [0.15, 0.2) is 12.1 Å². The van der Waals surface area contributed by atoms with E-state index in [1.54, 1.807) is 0 Å². The minimum Gasteiger partial charge on any atom is -0.381 e. The Morgan fingerprint density at radius 1 is 1.08 bits per heavy atom. The van der Waals surface area contributed by atoms with Gasteiger partial charge in [0.2, 0.25) is 0 Å². The summed E-state index contributed by atoms with van der Waals surface area (Å²) in [5.41, 5.74) is 0.315. The van der Waals surface area contributed by atoms with Gasteiger partial charge in [0.15, 0.2) is 0 Å². The summed E-state index contributed by atoms with van der Waals surface area (Å²) in [5, 5.41) is 3.22. The molecule has 0 aromatic heterocycles. The number of halogens is 5. The van der Waals surface area contributed by atoms with Gasteiger partial charge in [-0.3, -0.25) is 4.90 Å². The molecule has 0 aliphatic carbocycles. The Kier molecular flexibility index (Phi) is 9.20. The molecule has 0 bridgehead atoms. The maximum Gasteiger partial charge on any atom is 0.142 e. The summed E-state index contributed by atoms with van der Waals surface area (Å²) in [6.07, 6.45) is 1.70. The highest BCUT2D eigenvalue weighted by molar-refractivity contribution is 6.31. The zero-order chi connectivity index (χ0) is 15.5. The molecule has 138 valence electrons. The molecule has 0 saturated carbocycles. The molecular formula is C16H23Cl3F2N2O. The number of ether oxygens (including phenoxy) is 1. The van der Waals surface area contributed by atoms with Crippen molar-refractivity contribution in [3.63, 3.8) is 0 Å². The molecular weight excluding hydrogens is 381 g/mol. The summed E-state index contributed by atoms with van der Waals surface area (Å²) < 4.78 is 33.8. The molecule has 0 amide bonds. The predicted octanol–water partition coefficient (Wildman–Crippen LogP) is 3.83. The Bertz CT molecular complexity index is 506. The molecule has 0 radical (unpaired) electrons. The van der Waals surface area contributed by atoms with Crippen LogP contribution in [0.4, 0.5) is 8.78 Å². The topological polar surface area (TPSA) is 24.5 Å². The van der Waals surface area contributed by atoms with Crippen LogP contribution in [0.1, 0.15) is 24.4 Å². The van der Waals surface area contributed by atoms with E-state index in [4.69, 9.17) is 16.3 Å². The van der Waals surface area contributed by atoms with Crippen molar-refractivity contribution in [1.82, 2.24) is 10.2 Å². The molecule has 1 atom stereocenters. The van der Waals surface area contributed by atoms with E-state index in [0.29, 0.717) is 18.8 Å². The van der Waals surface area contributed by atoms with E-state index < -0.39 is 11.6 Å². The molecule has 2 fully saturated rings. The lowest BCUT2D eigenvalue weighted by atomic mass is 9.85. The van der Waals surface area contributed by atoms with Crippen molar-refractivity contribution in [2.24, 2.45) is 5.92 Å². The van der Waals surface area contributed by atoms with Crippen LogP contribution < -0.4 is 5.32 Å². The summed E-state index contributed by atoms with van der Waals surface area (Å²) >= 11 is 6.14. The van der Waals surface area contributed by atoms with Gasteiger partial charge in [0.05, 0.1) is 5.02 Å². The largest absolute Gasteiger partial charge is 0.381 e. The SMILES string of the molecule is Cl.Cl.Fc1ccc(F)c([C@@H](C2CCOCC2)N2CCNCC2)c1Cl. The van der Waals surface area contributed by atoms with Gasteiger partial charge < -0.3 is 10.1 Å². The Balaban J connectivity index is 0.00000144. The lowest BCUT2D eigenvalue weighted by molar-refractivity contribution is 0.0202. The number of nitrogens with zero attached hydrogens (tertiary/aromatic N) is 1. The van der Waals surface area contributed by atoms with E-state index in [1.807, 2.05) is 0 Å². The maximum absolute atomic E-state index is 14.5. The third-order valence-electron chi connectivity index (χ3n) is 4.63. The van der Waals surface area contributed by atoms with E-state index >= 15 is 0 Å². The van der Waals surface area contributed by atoms with Crippen molar-refractivity contribution >= 4 is 36.4 Å². The first kappa shape index (κ1) is 21.9.